The van der Waals surface area contributed by atoms with E-state index in [-0.39, 0.29) is 32.3 Å². The first kappa shape index (κ1) is 18.4. The van der Waals surface area contributed by atoms with Gasteiger partial charge in [0.15, 0.2) is 0 Å². The molecule has 0 bridgehead atoms. The highest BCUT2D eigenvalue weighted by atomic mass is 35.5. The minimum absolute atomic E-state index is 0.0774. The van der Waals surface area contributed by atoms with Crippen LogP contribution in [0.3, 0.4) is 0 Å². The Balaban J connectivity index is 3.15. The van der Waals surface area contributed by atoms with E-state index in [2.05, 4.69) is 5.32 Å². The number of benzene rings is 1. The van der Waals surface area contributed by atoms with Crippen LogP contribution in [0.15, 0.2) is 17.0 Å². The number of carbonyl (C=O) groups is 1. The van der Waals surface area contributed by atoms with Gasteiger partial charge in [-0.25, -0.2) is 13.6 Å². The normalized spacial score (nSPS) is 14.5. The molecule has 118 valence electrons. The van der Waals surface area contributed by atoms with Crippen molar-refractivity contribution in [3.63, 3.8) is 0 Å². The van der Waals surface area contributed by atoms with Crippen LogP contribution in [-0.2, 0) is 20.8 Å². The van der Waals surface area contributed by atoms with Gasteiger partial charge in [0, 0.05) is 28.9 Å². The van der Waals surface area contributed by atoms with Crippen LogP contribution in [-0.4, -0.2) is 36.6 Å². The number of primary sulfonamides is 1. The van der Waals surface area contributed by atoms with E-state index in [0.29, 0.717) is 0 Å². The van der Waals surface area contributed by atoms with Crippen molar-refractivity contribution in [3.8, 4) is 0 Å². The molecule has 1 amide bonds. The molecule has 6 nitrogen and oxygen atoms in total. The fourth-order valence-electron chi connectivity index (χ4n) is 1.59. The molecule has 0 aromatic heterocycles. The molecule has 1 rings (SSSR count). The third-order valence-corrected chi connectivity index (χ3v) is 5.10. The molecule has 0 saturated carbocycles. The first-order valence-electron chi connectivity index (χ1n) is 5.65. The van der Waals surface area contributed by atoms with E-state index in [0.717, 1.165) is 12.1 Å². The summed E-state index contributed by atoms with van der Waals surface area (Å²) in [7, 11) is -5.10. The molecule has 1 aromatic carbocycles. The number of halogens is 2. The van der Waals surface area contributed by atoms with Crippen molar-refractivity contribution < 1.29 is 17.4 Å². The largest absolute Gasteiger partial charge is 0.349 e. The number of hydrogen-bond acceptors (Lipinski definition) is 4. The number of hydrogen-bond donors (Lipinski definition) is 2. The van der Waals surface area contributed by atoms with Gasteiger partial charge in [-0.2, -0.15) is 0 Å². The van der Waals surface area contributed by atoms with Gasteiger partial charge in [-0.05, 0) is 19.1 Å². The van der Waals surface area contributed by atoms with Crippen molar-refractivity contribution in [2.45, 2.75) is 17.9 Å². The Morgan fingerprint density at radius 1 is 1.43 bits per heavy atom. The van der Waals surface area contributed by atoms with Crippen molar-refractivity contribution in [1.29, 1.82) is 0 Å². The number of rotatable bonds is 5. The van der Waals surface area contributed by atoms with Crippen molar-refractivity contribution in [2.24, 2.45) is 5.14 Å². The van der Waals surface area contributed by atoms with E-state index in [1.165, 1.54) is 6.26 Å². The number of nitrogens with one attached hydrogen (secondary N) is 1. The lowest BCUT2D eigenvalue weighted by Crippen LogP contribution is -2.36. The minimum atomic E-state index is -4.02. The molecule has 0 aliphatic rings. The van der Waals surface area contributed by atoms with Crippen molar-refractivity contribution >= 4 is 49.9 Å². The molecule has 0 saturated heterocycles. The molecule has 0 spiro atoms. The lowest BCUT2D eigenvalue weighted by molar-refractivity contribution is 0.0943. The monoisotopic (exact) mass is 372 g/mol. The standard InChI is InChI=1S/C11H14Cl2N2O4S2/c1-6(5-20(2)17)15-11(16)8-3-7(21(14,18)19)4-9(12)10(8)13/h3-4,6H,5H2,1-2H3,(H,15,16)(H2,14,18,19). The molecule has 21 heavy (non-hydrogen) atoms. The molecule has 1 aromatic rings. The molecule has 0 radical (unpaired) electrons. The molecule has 3 N–H and O–H groups in total. The SMILES string of the molecule is CC(CS(C)=O)NC(=O)c1cc(S(N)(=O)=O)cc(Cl)c1Cl. The topological polar surface area (TPSA) is 106 Å². The molecule has 0 heterocycles. The summed E-state index contributed by atoms with van der Waals surface area (Å²) in [6.07, 6.45) is 1.51. The van der Waals surface area contributed by atoms with Crippen LogP contribution in [0, 0.1) is 0 Å². The second-order valence-electron chi connectivity index (χ2n) is 4.43. The predicted octanol–water partition coefficient (Wildman–Crippen LogP) is 1.14. The second kappa shape index (κ2) is 7.06. The summed E-state index contributed by atoms with van der Waals surface area (Å²) in [5.74, 6) is -0.364. The molecule has 0 fully saturated rings. The first-order valence-corrected chi connectivity index (χ1v) is 9.68. The highest BCUT2D eigenvalue weighted by molar-refractivity contribution is 7.89. The van der Waals surface area contributed by atoms with Gasteiger partial charge in [0.25, 0.3) is 5.91 Å². The average Bonchev–Trinajstić information content (AvgIpc) is 2.29. The molecular formula is C11H14Cl2N2O4S2. The zero-order valence-corrected chi connectivity index (χ0v) is 14.4. The number of carbonyl (C=O) groups excluding carboxylic acids is 1. The summed E-state index contributed by atoms with van der Waals surface area (Å²) in [6, 6.07) is 1.74. The van der Waals surface area contributed by atoms with Gasteiger partial charge in [-0.1, -0.05) is 23.2 Å². The van der Waals surface area contributed by atoms with Crippen LogP contribution in [0.4, 0.5) is 0 Å². The van der Waals surface area contributed by atoms with Crippen LogP contribution in [0.25, 0.3) is 0 Å². The van der Waals surface area contributed by atoms with Gasteiger partial charge in [-0.15, -0.1) is 0 Å². The quantitative estimate of drug-likeness (QED) is 0.807. The molecule has 10 heteroatoms. The summed E-state index contributed by atoms with van der Waals surface area (Å²) in [5.41, 5.74) is -0.109. The van der Waals surface area contributed by atoms with E-state index >= 15 is 0 Å². The Labute approximate surface area is 135 Å². The fourth-order valence-corrected chi connectivity index (χ4v) is 3.42. The number of nitrogens with two attached hydrogens (primary N) is 1. The van der Waals surface area contributed by atoms with Crippen molar-refractivity contribution in [1.82, 2.24) is 5.32 Å². The highest BCUT2D eigenvalue weighted by Crippen LogP contribution is 2.29. The van der Waals surface area contributed by atoms with Crippen molar-refractivity contribution in [2.75, 3.05) is 12.0 Å². The van der Waals surface area contributed by atoms with Gasteiger partial charge in [0.2, 0.25) is 10.0 Å². The smallest absolute Gasteiger partial charge is 0.253 e. The first-order chi connectivity index (χ1) is 9.52. The highest BCUT2D eigenvalue weighted by Gasteiger charge is 2.20. The van der Waals surface area contributed by atoms with E-state index < -0.39 is 26.7 Å². The fraction of sp³-hybridized carbons (Fsp3) is 0.364. The Kier molecular flexibility index (Phi) is 6.18. The predicted molar refractivity (Wildman–Crippen MR) is 83.7 cm³/mol. The Hall–Kier alpha value is -0.670. The van der Waals surface area contributed by atoms with Gasteiger partial charge in [0.05, 0.1) is 20.5 Å². The van der Waals surface area contributed by atoms with Crippen LogP contribution < -0.4 is 10.5 Å². The van der Waals surface area contributed by atoms with Crippen LogP contribution in [0.1, 0.15) is 17.3 Å². The molecule has 2 atom stereocenters. The van der Waals surface area contributed by atoms with Crippen molar-refractivity contribution in [3.05, 3.63) is 27.7 Å². The zero-order chi connectivity index (χ0) is 16.4. The Morgan fingerprint density at radius 3 is 2.48 bits per heavy atom. The van der Waals surface area contributed by atoms with Gasteiger partial charge in [-0.3, -0.25) is 9.00 Å². The third kappa shape index (κ3) is 5.23. The maximum absolute atomic E-state index is 12.1. The lowest BCUT2D eigenvalue weighted by atomic mass is 10.2. The summed E-state index contributed by atoms with van der Waals surface area (Å²) < 4.78 is 33.8. The van der Waals surface area contributed by atoms with Crippen LogP contribution >= 0.6 is 23.2 Å². The average molecular weight is 373 g/mol. The zero-order valence-electron chi connectivity index (χ0n) is 11.2. The van der Waals surface area contributed by atoms with E-state index in [1.807, 2.05) is 0 Å². The van der Waals surface area contributed by atoms with E-state index in [4.69, 9.17) is 28.3 Å². The summed E-state index contributed by atoms with van der Waals surface area (Å²) >= 11 is 11.7. The molecule has 0 aliphatic carbocycles. The maximum Gasteiger partial charge on any atom is 0.253 e. The van der Waals surface area contributed by atoms with Gasteiger partial charge >= 0.3 is 0 Å². The summed E-state index contributed by atoms with van der Waals surface area (Å²) in [4.78, 5) is 11.8. The molecule has 2 unspecified atom stereocenters. The van der Waals surface area contributed by atoms with E-state index in [1.54, 1.807) is 6.92 Å². The summed E-state index contributed by atoms with van der Waals surface area (Å²) in [5, 5.41) is 7.40. The number of amides is 1. The molecular weight excluding hydrogens is 359 g/mol. The Bertz CT molecular complexity index is 692. The maximum atomic E-state index is 12.1. The second-order valence-corrected chi connectivity index (χ2v) is 8.25. The van der Waals surface area contributed by atoms with E-state index in [9.17, 15) is 17.4 Å². The van der Waals surface area contributed by atoms with Gasteiger partial charge < -0.3 is 5.32 Å². The third-order valence-electron chi connectivity index (χ3n) is 2.44. The summed E-state index contributed by atoms with van der Waals surface area (Å²) in [6.45, 7) is 1.67. The van der Waals surface area contributed by atoms with Crippen LogP contribution in [0.2, 0.25) is 10.0 Å². The minimum Gasteiger partial charge on any atom is -0.349 e. The lowest BCUT2D eigenvalue weighted by Gasteiger charge is -2.14. The van der Waals surface area contributed by atoms with Gasteiger partial charge in [0.1, 0.15) is 0 Å². The number of sulfonamides is 1. The Morgan fingerprint density at radius 2 is 2.00 bits per heavy atom. The molecule has 0 aliphatic heterocycles. The van der Waals surface area contributed by atoms with Crippen LogP contribution in [0.5, 0.6) is 0 Å².